The van der Waals surface area contributed by atoms with Crippen molar-refractivity contribution in [3.05, 3.63) is 65.6 Å². The van der Waals surface area contributed by atoms with Gasteiger partial charge in [-0.3, -0.25) is 9.78 Å². The maximum absolute atomic E-state index is 13.1. The van der Waals surface area contributed by atoms with Gasteiger partial charge >= 0.3 is 0 Å². The highest BCUT2D eigenvalue weighted by molar-refractivity contribution is 7.13. The molecule has 2 aromatic heterocycles. The van der Waals surface area contributed by atoms with Gasteiger partial charge in [-0.05, 0) is 48.7 Å². The minimum atomic E-state index is -0.222. The standard InChI is InChI=1S/C21H21FN4OS/c22-16-4-6-18(7-5-16)26-10-8-15(13-26)12-24-20(27)11-17-14-28-21(25-17)19-3-1-2-9-23-19/h1-7,9,14-15H,8,10-13H2,(H,24,27). The smallest absolute Gasteiger partial charge is 0.226 e. The average molecular weight is 396 g/mol. The molecular weight excluding hydrogens is 375 g/mol. The molecule has 3 aromatic rings. The molecule has 1 unspecified atom stereocenters. The van der Waals surface area contributed by atoms with E-state index < -0.39 is 0 Å². The Bertz CT molecular complexity index is 929. The van der Waals surface area contributed by atoms with Crippen LogP contribution in [0.15, 0.2) is 54.0 Å². The average Bonchev–Trinajstić information content (AvgIpc) is 3.37. The fourth-order valence-electron chi connectivity index (χ4n) is 3.37. The van der Waals surface area contributed by atoms with Crippen LogP contribution in [0.1, 0.15) is 12.1 Å². The van der Waals surface area contributed by atoms with Crippen LogP contribution in [-0.4, -0.2) is 35.5 Å². The Kier molecular flexibility index (Phi) is 5.62. The molecule has 1 aliphatic heterocycles. The Labute approximate surface area is 167 Å². The zero-order valence-corrected chi connectivity index (χ0v) is 16.2. The molecule has 1 aromatic carbocycles. The van der Waals surface area contributed by atoms with Crippen molar-refractivity contribution in [1.29, 1.82) is 0 Å². The number of nitrogens with zero attached hydrogens (tertiary/aromatic N) is 3. The van der Waals surface area contributed by atoms with E-state index in [1.54, 1.807) is 18.3 Å². The number of aromatic nitrogens is 2. The van der Waals surface area contributed by atoms with Gasteiger partial charge in [0.05, 0.1) is 17.8 Å². The summed E-state index contributed by atoms with van der Waals surface area (Å²) in [4.78, 5) is 23.3. The van der Waals surface area contributed by atoms with Gasteiger partial charge in [0.15, 0.2) is 0 Å². The molecule has 0 aliphatic carbocycles. The topological polar surface area (TPSA) is 58.1 Å². The molecular formula is C21H21FN4OS. The first-order valence-corrected chi connectivity index (χ1v) is 10.2. The van der Waals surface area contributed by atoms with E-state index in [0.717, 1.165) is 41.6 Å². The van der Waals surface area contributed by atoms with Crippen LogP contribution in [0.2, 0.25) is 0 Å². The maximum atomic E-state index is 13.1. The summed E-state index contributed by atoms with van der Waals surface area (Å²) in [6.45, 7) is 2.44. The molecule has 1 amide bonds. The number of pyridine rings is 1. The van der Waals surface area contributed by atoms with Crippen LogP contribution in [0.25, 0.3) is 10.7 Å². The van der Waals surface area contributed by atoms with Crippen molar-refractivity contribution in [1.82, 2.24) is 15.3 Å². The molecule has 0 radical (unpaired) electrons. The van der Waals surface area contributed by atoms with Crippen molar-refractivity contribution in [2.75, 3.05) is 24.5 Å². The Balaban J connectivity index is 1.25. The first-order valence-electron chi connectivity index (χ1n) is 9.30. The van der Waals surface area contributed by atoms with Gasteiger partial charge in [-0.25, -0.2) is 9.37 Å². The number of benzene rings is 1. The van der Waals surface area contributed by atoms with Crippen LogP contribution in [-0.2, 0) is 11.2 Å². The van der Waals surface area contributed by atoms with E-state index in [9.17, 15) is 9.18 Å². The number of amides is 1. The van der Waals surface area contributed by atoms with Gasteiger partial charge < -0.3 is 10.2 Å². The Morgan fingerprint density at radius 3 is 2.89 bits per heavy atom. The summed E-state index contributed by atoms with van der Waals surface area (Å²) >= 11 is 1.50. The summed E-state index contributed by atoms with van der Waals surface area (Å²) in [7, 11) is 0. The lowest BCUT2D eigenvalue weighted by Gasteiger charge is -2.18. The number of rotatable bonds is 6. The molecule has 1 N–H and O–H groups in total. The predicted octanol–water partition coefficient (Wildman–Crippen LogP) is 3.53. The lowest BCUT2D eigenvalue weighted by atomic mass is 10.1. The molecule has 1 fully saturated rings. The lowest BCUT2D eigenvalue weighted by Crippen LogP contribution is -2.32. The predicted molar refractivity (Wildman–Crippen MR) is 109 cm³/mol. The number of nitrogens with one attached hydrogen (secondary N) is 1. The largest absolute Gasteiger partial charge is 0.371 e. The molecule has 5 nitrogen and oxygen atoms in total. The number of carbonyl (C=O) groups excluding carboxylic acids is 1. The highest BCUT2D eigenvalue weighted by Crippen LogP contribution is 2.24. The zero-order chi connectivity index (χ0) is 19.3. The summed E-state index contributed by atoms with van der Waals surface area (Å²) in [6, 6.07) is 12.3. The number of hydrogen-bond acceptors (Lipinski definition) is 5. The number of hydrogen-bond donors (Lipinski definition) is 1. The monoisotopic (exact) mass is 396 g/mol. The molecule has 7 heteroatoms. The highest BCUT2D eigenvalue weighted by atomic mass is 32.1. The second-order valence-electron chi connectivity index (χ2n) is 6.92. The van der Waals surface area contributed by atoms with Crippen molar-refractivity contribution < 1.29 is 9.18 Å². The molecule has 28 heavy (non-hydrogen) atoms. The first-order chi connectivity index (χ1) is 13.7. The fourth-order valence-corrected chi connectivity index (χ4v) is 4.16. The molecule has 3 heterocycles. The SMILES string of the molecule is O=C(Cc1csc(-c2ccccn2)n1)NCC1CCN(c2ccc(F)cc2)C1. The number of anilines is 1. The Hall–Kier alpha value is -2.80. The van der Waals surface area contributed by atoms with Crippen LogP contribution in [0.4, 0.5) is 10.1 Å². The third-order valence-electron chi connectivity index (χ3n) is 4.84. The summed E-state index contributed by atoms with van der Waals surface area (Å²) in [6.07, 6.45) is 3.02. The zero-order valence-electron chi connectivity index (χ0n) is 15.3. The van der Waals surface area contributed by atoms with Crippen molar-refractivity contribution in [2.45, 2.75) is 12.8 Å². The Morgan fingerprint density at radius 1 is 1.25 bits per heavy atom. The van der Waals surface area contributed by atoms with Gasteiger partial charge in [0.25, 0.3) is 0 Å². The third kappa shape index (κ3) is 4.54. The van der Waals surface area contributed by atoms with Gasteiger partial charge in [-0.2, -0.15) is 0 Å². The van der Waals surface area contributed by atoms with E-state index in [1.165, 1.54) is 23.5 Å². The maximum Gasteiger partial charge on any atom is 0.226 e. The Morgan fingerprint density at radius 2 is 2.11 bits per heavy atom. The molecule has 1 aliphatic rings. The van der Waals surface area contributed by atoms with Crippen LogP contribution in [0, 0.1) is 11.7 Å². The van der Waals surface area contributed by atoms with E-state index >= 15 is 0 Å². The van der Waals surface area contributed by atoms with Gasteiger partial charge in [-0.1, -0.05) is 6.07 Å². The third-order valence-corrected chi connectivity index (χ3v) is 5.76. The van der Waals surface area contributed by atoms with E-state index in [0.29, 0.717) is 12.5 Å². The molecule has 1 atom stereocenters. The van der Waals surface area contributed by atoms with Crippen molar-refractivity contribution in [3.63, 3.8) is 0 Å². The molecule has 144 valence electrons. The second-order valence-corrected chi connectivity index (χ2v) is 7.78. The molecule has 0 bridgehead atoms. The van der Waals surface area contributed by atoms with E-state index in [4.69, 9.17) is 0 Å². The number of thiazole rings is 1. The first kappa shape index (κ1) is 18.6. The number of carbonyl (C=O) groups is 1. The lowest BCUT2D eigenvalue weighted by molar-refractivity contribution is -0.120. The van der Waals surface area contributed by atoms with E-state index in [-0.39, 0.29) is 18.1 Å². The molecule has 0 saturated carbocycles. The van der Waals surface area contributed by atoms with Gasteiger partial charge in [0.1, 0.15) is 10.8 Å². The second kappa shape index (κ2) is 8.48. The van der Waals surface area contributed by atoms with Crippen LogP contribution in [0.3, 0.4) is 0 Å². The van der Waals surface area contributed by atoms with Crippen LogP contribution >= 0.6 is 11.3 Å². The summed E-state index contributed by atoms with van der Waals surface area (Å²) < 4.78 is 13.1. The normalized spacial score (nSPS) is 16.3. The van der Waals surface area contributed by atoms with Crippen molar-refractivity contribution in [2.24, 2.45) is 5.92 Å². The minimum Gasteiger partial charge on any atom is -0.371 e. The van der Waals surface area contributed by atoms with E-state index in [2.05, 4.69) is 20.2 Å². The van der Waals surface area contributed by atoms with Crippen LogP contribution < -0.4 is 10.2 Å². The highest BCUT2D eigenvalue weighted by Gasteiger charge is 2.23. The quantitative estimate of drug-likeness (QED) is 0.693. The molecule has 0 spiro atoms. The molecule has 4 rings (SSSR count). The van der Waals surface area contributed by atoms with Crippen molar-refractivity contribution in [3.8, 4) is 10.7 Å². The number of halogens is 1. The minimum absolute atomic E-state index is 0.0156. The fraction of sp³-hybridized carbons (Fsp3) is 0.286. The summed E-state index contributed by atoms with van der Waals surface area (Å²) in [5.41, 5.74) is 2.62. The van der Waals surface area contributed by atoms with E-state index in [1.807, 2.05) is 23.6 Å². The van der Waals surface area contributed by atoms with Crippen molar-refractivity contribution >= 4 is 22.9 Å². The summed E-state index contributed by atoms with van der Waals surface area (Å²) in [5.74, 6) is 0.159. The summed E-state index contributed by atoms with van der Waals surface area (Å²) in [5, 5.41) is 5.77. The van der Waals surface area contributed by atoms with Gasteiger partial charge in [0.2, 0.25) is 5.91 Å². The van der Waals surface area contributed by atoms with Gasteiger partial charge in [0, 0.05) is 36.9 Å². The van der Waals surface area contributed by atoms with Gasteiger partial charge in [-0.15, -0.1) is 11.3 Å². The van der Waals surface area contributed by atoms with Crippen LogP contribution in [0.5, 0.6) is 0 Å². The molecule has 1 saturated heterocycles.